The second kappa shape index (κ2) is 5.58. The van der Waals surface area contributed by atoms with E-state index in [0.717, 1.165) is 12.1 Å². The summed E-state index contributed by atoms with van der Waals surface area (Å²) in [6.07, 6.45) is -3.10. The third-order valence-electron chi connectivity index (χ3n) is 2.35. The van der Waals surface area contributed by atoms with Gasteiger partial charge in [-0.2, -0.15) is 18.3 Å². The smallest absolute Gasteiger partial charge is 0.305 e. The van der Waals surface area contributed by atoms with Crippen LogP contribution < -0.4 is 5.32 Å². The number of nitrogens with one attached hydrogen (secondary N) is 1. The molecule has 0 bridgehead atoms. The monoisotopic (exact) mass is 345 g/mol. The number of amides is 1. The molecule has 104 valence electrons. The molecule has 0 saturated heterocycles. The molecule has 0 spiro atoms. The standard InChI is InChI=1S/C12H7BrF3N3O/c13-9-4-3-7(12(14,15)16)6-8(9)11(20)18-10-2-1-5-17-19-10/h1-6H,(H,18,19,20). The molecule has 20 heavy (non-hydrogen) atoms. The predicted octanol–water partition coefficient (Wildman–Crippen LogP) is 3.51. The van der Waals surface area contributed by atoms with Crippen LogP contribution >= 0.6 is 15.9 Å². The number of benzene rings is 1. The molecule has 0 aliphatic rings. The van der Waals surface area contributed by atoms with Crippen molar-refractivity contribution in [2.75, 3.05) is 5.32 Å². The molecular weight excluding hydrogens is 339 g/mol. The maximum Gasteiger partial charge on any atom is 0.416 e. The molecule has 1 aromatic heterocycles. The Balaban J connectivity index is 2.30. The Labute approximate surface area is 120 Å². The van der Waals surface area contributed by atoms with Gasteiger partial charge in [-0.25, -0.2) is 0 Å². The van der Waals surface area contributed by atoms with Gasteiger partial charge in [0.1, 0.15) is 0 Å². The number of carbonyl (C=O) groups excluding carboxylic acids is 1. The van der Waals surface area contributed by atoms with Crippen molar-refractivity contribution in [3.8, 4) is 0 Å². The molecule has 1 amide bonds. The van der Waals surface area contributed by atoms with Crippen LogP contribution in [0.2, 0.25) is 0 Å². The van der Waals surface area contributed by atoms with Crippen molar-refractivity contribution in [3.05, 3.63) is 52.1 Å². The highest BCUT2D eigenvalue weighted by Gasteiger charge is 2.31. The lowest BCUT2D eigenvalue weighted by Gasteiger charge is -2.10. The summed E-state index contributed by atoms with van der Waals surface area (Å²) in [6, 6.07) is 5.86. The largest absolute Gasteiger partial charge is 0.416 e. The van der Waals surface area contributed by atoms with E-state index in [4.69, 9.17) is 0 Å². The summed E-state index contributed by atoms with van der Waals surface area (Å²) in [5, 5.41) is 9.55. The van der Waals surface area contributed by atoms with Crippen molar-refractivity contribution in [2.24, 2.45) is 0 Å². The minimum absolute atomic E-state index is 0.134. The van der Waals surface area contributed by atoms with E-state index in [0.29, 0.717) is 0 Å². The molecule has 0 aliphatic heterocycles. The van der Waals surface area contributed by atoms with Crippen LogP contribution in [0.25, 0.3) is 0 Å². The number of aromatic nitrogens is 2. The molecule has 1 heterocycles. The van der Waals surface area contributed by atoms with E-state index in [-0.39, 0.29) is 15.9 Å². The fourth-order valence-electron chi connectivity index (χ4n) is 1.43. The third-order valence-corrected chi connectivity index (χ3v) is 3.04. The van der Waals surface area contributed by atoms with Gasteiger partial charge in [0.05, 0.1) is 11.1 Å². The zero-order valence-electron chi connectivity index (χ0n) is 9.78. The number of alkyl halides is 3. The van der Waals surface area contributed by atoms with E-state index in [1.165, 1.54) is 18.3 Å². The number of rotatable bonds is 2. The van der Waals surface area contributed by atoms with Crippen LogP contribution in [0.3, 0.4) is 0 Å². The number of halogens is 4. The summed E-state index contributed by atoms with van der Waals surface area (Å²) >= 11 is 3.05. The van der Waals surface area contributed by atoms with E-state index in [1.54, 1.807) is 6.07 Å². The lowest BCUT2D eigenvalue weighted by atomic mass is 10.1. The van der Waals surface area contributed by atoms with Gasteiger partial charge in [0.2, 0.25) is 0 Å². The first-order chi connectivity index (χ1) is 9.38. The fraction of sp³-hybridized carbons (Fsp3) is 0.0833. The number of carbonyl (C=O) groups is 1. The van der Waals surface area contributed by atoms with Crippen molar-refractivity contribution < 1.29 is 18.0 Å². The number of nitrogens with zero attached hydrogens (tertiary/aromatic N) is 2. The molecule has 0 aliphatic carbocycles. The van der Waals surface area contributed by atoms with Crippen molar-refractivity contribution in [1.82, 2.24) is 10.2 Å². The first kappa shape index (κ1) is 14.4. The third kappa shape index (κ3) is 3.32. The van der Waals surface area contributed by atoms with E-state index >= 15 is 0 Å². The normalized spacial score (nSPS) is 11.2. The van der Waals surface area contributed by atoms with Crippen LogP contribution in [0.1, 0.15) is 15.9 Å². The molecule has 2 rings (SSSR count). The van der Waals surface area contributed by atoms with Crippen LogP contribution in [0.4, 0.5) is 19.0 Å². The predicted molar refractivity (Wildman–Crippen MR) is 69.1 cm³/mol. The summed E-state index contributed by atoms with van der Waals surface area (Å²) in [5.41, 5.74) is -1.03. The van der Waals surface area contributed by atoms with E-state index in [9.17, 15) is 18.0 Å². The van der Waals surface area contributed by atoms with Crippen LogP contribution in [-0.2, 0) is 6.18 Å². The molecule has 0 saturated carbocycles. The van der Waals surface area contributed by atoms with E-state index < -0.39 is 17.6 Å². The first-order valence-electron chi connectivity index (χ1n) is 5.34. The molecule has 4 nitrogen and oxygen atoms in total. The van der Waals surface area contributed by atoms with Gasteiger partial charge in [-0.15, -0.1) is 5.10 Å². The van der Waals surface area contributed by atoms with Crippen LogP contribution in [0, 0.1) is 0 Å². The van der Waals surface area contributed by atoms with Gasteiger partial charge in [-0.1, -0.05) is 0 Å². The Hall–Kier alpha value is -1.96. The minimum atomic E-state index is -4.51. The van der Waals surface area contributed by atoms with Gasteiger partial charge in [-0.05, 0) is 46.3 Å². The average Bonchev–Trinajstić information content (AvgIpc) is 2.39. The summed E-state index contributed by atoms with van der Waals surface area (Å²) in [4.78, 5) is 11.9. The van der Waals surface area contributed by atoms with Gasteiger partial charge in [0, 0.05) is 10.7 Å². The van der Waals surface area contributed by atoms with Gasteiger partial charge >= 0.3 is 6.18 Å². The van der Waals surface area contributed by atoms with Crippen LogP contribution in [0.5, 0.6) is 0 Å². The second-order valence-electron chi connectivity index (χ2n) is 3.76. The highest BCUT2D eigenvalue weighted by atomic mass is 79.9. The second-order valence-corrected chi connectivity index (χ2v) is 4.61. The number of hydrogen-bond acceptors (Lipinski definition) is 3. The van der Waals surface area contributed by atoms with Crippen molar-refractivity contribution in [1.29, 1.82) is 0 Å². The first-order valence-corrected chi connectivity index (χ1v) is 6.13. The summed E-state index contributed by atoms with van der Waals surface area (Å²) in [5.74, 6) is -0.551. The SMILES string of the molecule is O=C(Nc1cccnn1)c1cc(C(F)(F)F)ccc1Br. The van der Waals surface area contributed by atoms with Crippen LogP contribution in [-0.4, -0.2) is 16.1 Å². The van der Waals surface area contributed by atoms with Crippen molar-refractivity contribution in [2.45, 2.75) is 6.18 Å². The lowest BCUT2D eigenvalue weighted by Crippen LogP contribution is -2.15. The van der Waals surface area contributed by atoms with Gasteiger partial charge in [-0.3, -0.25) is 4.79 Å². The molecular formula is C12H7BrF3N3O. The van der Waals surface area contributed by atoms with Crippen molar-refractivity contribution >= 4 is 27.7 Å². The van der Waals surface area contributed by atoms with Gasteiger partial charge < -0.3 is 5.32 Å². The lowest BCUT2D eigenvalue weighted by molar-refractivity contribution is -0.137. The maximum atomic E-state index is 12.6. The molecule has 1 N–H and O–H groups in total. The topological polar surface area (TPSA) is 54.9 Å². The summed E-state index contributed by atoms with van der Waals surface area (Å²) in [7, 11) is 0. The number of hydrogen-bond donors (Lipinski definition) is 1. The molecule has 8 heteroatoms. The Morgan fingerprint density at radius 2 is 2.00 bits per heavy atom. The quantitative estimate of drug-likeness (QED) is 0.906. The molecule has 0 atom stereocenters. The highest BCUT2D eigenvalue weighted by molar-refractivity contribution is 9.10. The Morgan fingerprint density at radius 1 is 1.25 bits per heavy atom. The molecule has 0 unspecified atom stereocenters. The zero-order chi connectivity index (χ0) is 14.8. The van der Waals surface area contributed by atoms with Crippen LogP contribution in [0.15, 0.2) is 41.0 Å². The molecule has 1 aromatic carbocycles. The van der Waals surface area contributed by atoms with Gasteiger partial charge in [0.25, 0.3) is 5.91 Å². The Bertz CT molecular complexity index is 632. The Kier molecular flexibility index (Phi) is 4.03. The highest BCUT2D eigenvalue weighted by Crippen LogP contribution is 2.32. The molecule has 0 fully saturated rings. The molecule has 0 radical (unpaired) electrons. The zero-order valence-corrected chi connectivity index (χ0v) is 11.4. The minimum Gasteiger partial charge on any atom is -0.305 e. The maximum absolute atomic E-state index is 12.6. The summed E-state index contributed by atoms with van der Waals surface area (Å²) < 4.78 is 38.1. The van der Waals surface area contributed by atoms with Gasteiger partial charge in [0.15, 0.2) is 5.82 Å². The fourth-order valence-corrected chi connectivity index (χ4v) is 1.85. The average molecular weight is 346 g/mol. The van der Waals surface area contributed by atoms with Crippen molar-refractivity contribution in [3.63, 3.8) is 0 Å². The number of anilines is 1. The summed E-state index contributed by atoms with van der Waals surface area (Å²) in [6.45, 7) is 0. The van der Waals surface area contributed by atoms with E-state index in [2.05, 4.69) is 31.4 Å². The molecule has 2 aromatic rings. The Morgan fingerprint density at radius 3 is 2.60 bits per heavy atom. The van der Waals surface area contributed by atoms with E-state index in [1.807, 2.05) is 0 Å².